The molecule has 0 bridgehead atoms. The number of amides is 2. The minimum atomic E-state index is -0.411. The van der Waals surface area contributed by atoms with Crippen LogP contribution in [0.15, 0.2) is 30.5 Å². The second-order valence-corrected chi connectivity index (χ2v) is 7.32. The van der Waals surface area contributed by atoms with Gasteiger partial charge in [0.1, 0.15) is 11.9 Å². The molecule has 1 aliphatic rings. The first-order valence-corrected chi connectivity index (χ1v) is 9.21. The number of piperidine rings is 1. The number of rotatable bonds is 5. The van der Waals surface area contributed by atoms with Crippen molar-refractivity contribution in [2.75, 3.05) is 13.1 Å². The van der Waals surface area contributed by atoms with Crippen molar-refractivity contribution in [1.82, 2.24) is 14.7 Å². The van der Waals surface area contributed by atoms with Crippen LogP contribution < -0.4 is 10.5 Å². The second kappa shape index (κ2) is 8.00. The first-order valence-electron chi connectivity index (χ1n) is 8.83. The Morgan fingerprint density at radius 2 is 2.19 bits per heavy atom. The summed E-state index contributed by atoms with van der Waals surface area (Å²) in [4.78, 5) is 26.2. The number of benzene rings is 1. The molecule has 1 saturated heterocycles. The summed E-state index contributed by atoms with van der Waals surface area (Å²) in [5.74, 6) is -0.0381. The highest BCUT2D eigenvalue weighted by molar-refractivity contribution is 6.30. The SMILES string of the molecule is Cc1nn(C)cc1C(=O)N1CC[C@H](Oc2cccc(Cl)c2)[C@@H](CC(N)=O)C1. The van der Waals surface area contributed by atoms with Crippen LogP contribution in [0.4, 0.5) is 0 Å². The Hall–Kier alpha value is -2.54. The van der Waals surface area contributed by atoms with Gasteiger partial charge in [-0.2, -0.15) is 5.10 Å². The van der Waals surface area contributed by atoms with Gasteiger partial charge in [-0.3, -0.25) is 14.3 Å². The Bertz CT molecular complexity index is 851. The van der Waals surface area contributed by atoms with E-state index in [-0.39, 0.29) is 24.3 Å². The van der Waals surface area contributed by atoms with Gasteiger partial charge in [-0.25, -0.2) is 0 Å². The van der Waals surface area contributed by atoms with Crippen LogP contribution in [0.5, 0.6) is 5.75 Å². The van der Waals surface area contributed by atoms with E-state index in [0.29, 0.717) is 41.5 Å². The molecule has 2 amide bonds. The molecule has 144 valence electrons. The van der Waals surface area contributed by atoms with E-state index in [0.717, 1.165) is 0 Å². The smallest absolute Gasteiger partial charge is 0.257 e. The van der Waals surface area contributed by atoms with E-state index < -0.39 is 5.91 Å². The molecule has 27 heavy (non-hydrogen) atoms. The Morgan fingerprint density at radius 3 is 2.81 bits per heavy atom. The van der Waals surface area contributed by atoms with E-state index in [1.807, 2.05) is 19.1 Å². The first-order chi connectivity index (χ1) is 12.8. The van der Waals surface area contributed by atoms with E-state index in [9.17, 15) is 9.59 Å². The minimum Gasteiger partial charge on any atom is -0.490 e. The lowest BCUT2D eigenvalue weighted by atomic mass is 9.90. The summed E-state index contributed by atoms with van der Waals surface area (Å²) in [5, 5.41) is 4.81. The highest BCUT2D eigenvalue weighted by atomic mass is 35.5. The topological polar surface area (TPSA) is 90.4 Å². The molecule has 3 rings (SSSR count). The molecular formula is C19H23ClN4O3. The molecule has 2 aromatic rings. The van der Waals surface area contributed by atoms with Crippen LogP contribution in [-0.4, -0.2) is 45.7 Å². The Morgan fingerprint density at radius 1 is 1.41 bits per heavy atom. The summed E-state index contributed by atoms with van der Waals surface area (Å²) in [6.45, 7) is 2.75. The highest BCUT2D eigenvalue weighted by Gasteiger charge is 2.35. The summed E-state index contributed by atoms with van der Waals surface area (Å²) in [7, 11) is 1.78. The molecule has 2 N–H and O–H groups in total. The quantitative estimate of drug-likeness (QED) is 0.847. The predicted molar refractivity (Wildman–Crippen MR) is 102 cm³/mol. The Labute approximate surface area is 163 Å². The number of carbonyl (C=O) groups excluding carboxylic acids is 2. The third kappa shape index (κ3) is 4.60. The van der Waals surface area contributed by atoms with Crippen molar-refractivity contribution in [1.29, 1.82) is 0 Å². The van der Waals surface area contributed by atoms with E-state index in [1.165, 1.54) is 0 Å². The standard InChI is InChI=1S/C19H23ClN4O3/c1-12-16(11-23(2)22-12)19(26)24-7-6-17(13(10-24)8-18(21)25)27-15-5-3-4-14(20)9-15/h3-5,9,11,13,17H,6-8,10H2,1-2H3,(H2,21,25)/t13-,17-/m0/s1. The fourth-order valence-electron chi connectivity index (χ4n) is 3.50. The number of nitrogens with two attached hydrogens (primary N) is 1. The number of primary amides is 1. The molecule has 1 aliphatic heterocycles. The molecule has 1 aromatic heterocycles. The van der Waals surface area contributed by atoms with E-state index in [4.69, 9.17) is 22.1 Å². The van der Waals surface area contributed by atoms with Crippen LogP contribution in [0, 0.1) is 12.8 Å². The molecule has 7 nitrogen and oxygen atoms in total. The van der Waals surface area contributed by atoms with E-state index >= 15 is 0 Å². The molecule has 2 heterocycles. The second-order valence-electron chi connectivity index (χ2n) is 6.89. The Kier molecular flexibility index (Phi) is 5.70. The summed E-state index contributed by atoms with van der Waals surface area (Å²) in [6, 6.07) is 7.14. The molecule has 1 fully saturated rings. The van der Waals surface area contributed by atoms with E-state index in [1.54, 1.807) is 35.0 Å². The number of ether oxygens (including phenoxy) is 1. The number of aryl methyl sites for hydroxylation is 2. The lowest BCUT2D eigenvalue weighted by Crippen LogP contribution is -2.49. The van der Waals surface area contributed by atoms with Crippen LogP contribution in [0.3, 0.4) is 0 Å². The van der Waals surface area contributed by atoms with Crippen molar-refractivity contribution in [2.45, 2.75) is 25.9 Å². The molecule has 2 atom stereocenters. The Balaban J connectivity index is 1.75. The van der Waals surface area contributed by atoms with Gasteiger partial charge in [0.2, 0.25) is 5.91 Å². The number of hydrogen-bond donors (Lipinski definition) is 1. The van der Waals surface area contributed by atoms with Gasteiger partial charge in [0.05, 0.1) is 11.3 Å². The largest absolute Gasteiger partial charge is 0.490 e. The van der Waals surface area contributed by atoms with Crippen LogP contribution in [0.25, 0.3) is 0 Å². The summed E-state index contributed by atoms with van der Waals surface area (Å²) in [6.07, 6.45) is 2.27. The molecular weight excluding hydrogens is 368 g/mol. The molecule has 0 spiro atoms. The maximum atomic E-state index is 12.9. The third-order valence-electron chi connectivity index (χ3n) is 4.74. The van der Waals surface area contributed by atoms with E-state index in [2.05, 4.69) is 5.10 Å². The molecule has 0 saturated carbocycles. The minimum absolute atomic E-state index is 0.0868. The summed E-state index contributed by atoms with van der Waals surface area (Å²) < 4.78 is 7.69. The summed E-state index contributed by atoms with van der Waals surface area (Å²) in [5.41, 5.74) is 6.69. The van der Waals surface area contributed by atoms with Crippen molar-refractivity contribution in [3.05, 3.63) is 46.7 Å². The van der Waals surface area contributed by atoms with Gasteiger partial charge in [-0.15, -0.1) is 0 Å². The zero-order chi connectivity index (χ0) is 19.6. The van der Waals surface area contributed by atoms with Gasteiger partial charge in [0.25, 0.3) is 5.91 Å². The van der Waals surface area contributed by atoms with Crippen molar-refractivity contribution >= 4 is 23.4 Å². The first kappa shape index (κ1) is 19.2. The number of aromatic nitrogens is 2. The van der Waals surface area contributed by atoms with Crippen LogP contribution in [-0.2, 0) is 11.8 Å². The maximum Gasteiger partial charge on any atom is 0.257 e. The number of hydrogen-bond acceptors (Lipinski definition) is 4. The molecule has 1 aromatic carbocycles. The normalized spacial score (nSPS) is 19.7. The lowest BCUT2D eigenvalue weighted by molar-refractivity contribution is -0.120. The zero-order valence-corrected chi connectivity index (χ0v) is 16.1. The molecule has 8 heteroatoms. The summed E-state index contributed by atoms with van der Waals surface area (Å²) >= 11 is 6.02. The zero-order valence-electron chi connectivity index (χ0n) is 15.4. The van der Waals surface area contributed by atoms with Gasteiger partial charge >= 0.3 is 0 Å². The third-order valence-corrected chi connectivity index (χ3v) is 4.98. The van der Waals surface area contributed by atoms with Crippen molar-refractivity contribution in [3.63, 3.8) is 0 Å². The highest BCUT2D eigenvalue weighted by Crippen LogP contribution is 2.28. The fourth-order valence-corrected chi connectivity index (χ4v) is 3.68. The van der Waals surface area contributed by atoms with Crippen molar-refractivity contribution < 1.29 is 14.3 Å². The van der Waals surface area contributed by atoms with Crippen molar-refractivity contribution in [2.24, 2.45) is 18.7 Å². The number of carbonyl (C=O) groups is 2. The van der Waals surface area contributed by atoms with Crippen LogP contribution in [0.1, 0.15) is 28.9 Å². The molecule has 0 aliphatic carbocycles. The van der Waals surface area contributed by atoms with Gasteiger partial charge in [0, 0.05) is 50.1 Å². The number of nitrogens with zero attached hydrogens (tertiary/aromatic N) is 3. The molecule has 0 unspecified atom stereocenters. The van der Waals surface area contributed by atoms with Gasteiger partial charge in [0.15, 0.2) is 0 Å². The average Bonchev–Trinajstić information content (AvgIpc) is 2.93. The predicted octanol–water partition coefficient (Wildman–Crippen LogP) is 2.17. The van der Waals surface area contributed by atoms with Gasteiger partial charge in [-0.1, -0.05) is 17.7 Å². The lowest BCUT2D eigenvalue weighted by Gasteiger charge is -2.38. The average molecular weight is 391 g/mol. The fraction of sp³-hybridized carbons (Fsp3) is 0.421. The maximum absolute atomic E-state index is 12.9. The molecule has 0 radical (unpaired) electrons. The van der Waals surface area contributed by atoms with Gasteiger partial charge in [-0.05, 0) is 25.1 Å². The van der Waals surface area contributed by atoms with Crippen LogP contribution in [0.2, 0.25) is 5.02 Å². The van der Waals surface area contributed by atoms with Crippen molar-refractivity contribution in [3.8, 4) is 5.75 Å². The van der Waals surface area contributed by atoms with Crippen LogP contribution >= 0.6 is 11.6 Å². The number of likely N-dealkylation sites (tertiary alicyclic amines) is 1. The monoisotopic (exact) mass is 390 g/mol. The van der Waals surface area contributed by atoms with Gasteiger partial charge < -0.3 is 15.4 Å². The number of halogens is 1.